The molecule has 1 atom stereocenters. The van der Waals surface area contributed by atoms with Crippen LogP contribution in [0.4, 0.5) is 5.69 Å². The molecule has 1 N–H and O–H groups in total. The van der Waals surface area contributed by atoms with Gasteiger partial charge in [0.25, 0.3) is 11.8 Å². The van der Waals surface area contributed by atoms with E-state index in [0.29, 0.717) is 18.0 Å². The number of rotatable bonds is 7. The molecule has 0 radical (unpaired) electrons. The Kier molecular flexibility index (Phi) is 6.84. The summed E-state index contributed by atoms with van der Waals surface area (Å²) in [4.78, 5) is 30.1. The Morgan fingerprint density at radius 1 is 0.943 bits per heavy atom. The lowest BCUT2D eigenvalue weighted by Gasteiger charge is -2.32. The van der Waals surface area contributed by atoms with Crippen molar-refractivity contribution in [1.29, 1.82) is 0 Å². The Balaban J connectivity index is 1.25. The summed E-state index contributed by atoms with van der Waals surface area (Å²) in [6, 6.07) is 26.1. The zero-order valence-corrected chi connectivity index (χ0v) is 20.3. The number of likely N-dealkylation sites (tertiary alicyclic amines) is 1. The van der Waals surface area contributed by atoms with Crippen molar-refractivity contribution in [2.24, 2.45) is 5.92 Å². The molecule has 2 amide bonds. The lowest BCUT2D eigenvalue weighted by Crippen LogP contribution is -2.39. The highest BCUT2D eigenvalue weighted by Crippen LogP contribution is 2.34. The Labute approximate surface area is 207 Å². The van der Waals surface area contributed by atoms with Crippen molar-refractivity contribution in [3.05, 3.63) is 101 Å². The SMILES string of the molecule is CCCN1C(=O)c2ccccc2C1Nc1cccc(C(=O)N2CCC(Cc3ccccc3)CC2)c1. The number of nitrogens with zero attached hydrogens (tertiary/aromatic N) is 2. The van der Waals surface area contributed by atoms with Gasteiger partial charge in [0.15, 0.2) is 0 Å². The standard InChI is InChI=1S/C30H33N3O2/c1-2-17-33-28(26-13-6-7-14-27(26)30(33)35)31-25-12-8-11-24(21-25)29(34)32-18-15-23(16-19-32)20-22-9-4-3-5-10-22/h3-14,21,23,28,31H,2,15-20H2,1H3. The zero-order valence-electron chi connectivity index (χ0n) is 20.3. The maximum atomic E-state index is 13.3. The maximum Gasteiger partial charge on any atom is 0.256 e. The van der Waals surface area contributed by atoms with E-state index in [9.17, 15) is 9.59 Å². The van der Waals surface area contributed by atoms with E-state index in [1.165, 1.54) is 5.56 Å². The molecular weight excluding hydrogens is 434 g/mol. The van der Waals surface area contributed by atoms with Gasteiger partial charge in [-0.05, 0) is 61.4 Å². The average molecular weight is 468 g/mol. The second-order valence-corrected chi connectivity index (χ2v) is 9.64. The summed E-state index contributed by atoms with van der Waals surface area (Å²) >= 11 is 0. The Morgan fingerprint density at radius 2 is 1.69 bits per heavy atom. The van der Waals surface area contributed by atoms with E-state index < -0.39 is 0 Å². The van der Waals surface area contributed by atoms with Crippen molar-refractivity contribution in [3.8, 4) is 0 Å². The third-order valence-corrected chi connectivity index (χ3v) is 7.20. The smallest absolute Gasteiger partial charge is 0.256 e. The van der Waals surface area contributed by atoms with Gasteiger partial charge < -0.3 is 15.1 Å². The molecule has 5 heteroatoms. The third-order valence-electron chi connectivity index (χ3n) is 7.20. The van der Waals surface area contributed by atoms with Crippen LogP contribution in [0.1, 0.15) is 64.2 Å². The van der Waals surface area contributed by atoms with E-state index >= 15 is 0 Å². The van der Waals surface area contributed by atoms with Gasteiger partial charge in [0, 0.05) is 42.0 Å². The van der Waals surface area contributed by atoms with E-state index in [1.807, 2.05) is 58.3 Å². The van der Waals surface area contributed by atoms with Gasteiger partial charge >= 0.3 is 0 Å². The van der Waals surface area contributed by atoms with Crippen molar-refractivity contribution < 1.29 is 9.59 Å². The lowest BCUT2D eigenvalue weighted by molar-refractivity contribution is 0.0689. The molecule has 0 aliphatic carbocycles. The molecule has 1 saturated heterocycles. The summed E-state index contributed by atoms with van der Waals surface area (Å²) in [5, 5.41) is 3.53. The van der Waals surface area contributed by atoms with E-state index in [4.69, 9.17) is 0 Å². The Bertz CT molecular complexity index is 1180. The van der Waals surface area contributed by atoms with Gasteiger partial charge in [-0.1, -0.05) is 61.5 Å². The van der Waals surface area contributed by atoms with Crippen LogP contribution in [0.3, 0.4) is 0 Å². The van der Waals surface area contributed by atoms with Gasteiger partial charge in [0.1, 0.15) is 6.17 Å². The Morgan fingerprint density at radius 3 is 2.46 bits per heavy atom. The molecule has 1 unspecified atom stereocenters. The monoisotopic (exact) mass is 467 g/mol. The predicted molar refractivity (Wildman–Crippen MR) is 139 cm³/mol. The molecule has 5 nitrogen and oxygen atoms in total. The average Bonchev–Trinajstić information content (AvgIpc) is 3.16. The molecule has 0 spiro atoms. The third kappa shape index (κ3) is 4.95. The number of hydrogen-bond donors (Lipinski definition) is 1. The van der Waals surface area contributed by atoms with Crippen molar-refractivity contribution in [2.75, 3.05) is 25.0 Å². The van der Waals surface area contributed by atoms with Crippen LogP contribution in [0.2, 0.25) is 0 Å². The van der Waals surface area contributed by atoms with Gasteiger partial charge in [0.05, 0.1) is 0 Å². The number of anilines is 1. The molecule has 1 fully saturated rings. The molecule has 35 heavy (non-hydrogen) atoms. The second-order valence-electron chi connectivity index (χ2n) is 9.64. The molecular formula is C30H33N3O2. The Hall–Kier alpha value is -3.60. The number of nitrogens with one attached hydrogen (secondary N) is 1. The van der Waals surface area contributed by atoms with Gasteiger partial charge in [-0.25, -0.2) is 0 Å². The van der Waals surface area contributed by atoms with E-state index in [-0.39, 0.29) is 18.0 Å². The molecule has 2 heterocycles. The summed E-state index contributed by atoms with van der Waals surface area (Å²) in [7, 11) is 0. The van der Waals surface area contributed by atoms with Gasteiger partial charge in [-0.2, -0.15) is 0 Å². The highest BCUT2D eigenvalue weighted by molar-refractivity contribution is 5.99. The molecule has 180 valence electrons. The summed E-state index contributed by atoms with van der Waals surface area (Å²) in [6.07, 6.45) is 3.81. The van der Waals surface area contributed by atoms with Crippen LogP contribution < -0.4 is 5.32 Å². The minimum Gasteiger partial charge on any atom is -0.361 e. The number of hydrogen-bond acceptors (Lipinski definition) is 3. The number of fused-ring (bicyclic) bond motifs is 1. The molecule has 3 aromatic rings. The molecule has 5 rings (SSSR count). The summed E-state index contributed by atoms with van der Waals surface area (Å²) in [5.74, 6) is 0.768. The number of carbonyl (C=O) groups is 2. The van der Waals surface area contributed by atoms with Crippen LogP contribution >= 0.6 is 0 Å². The van der Waals surface area contributed by atoms with Crippen LogP contribution in [0.5, 0.6) is 0 Å². The van der Waals surface area contributed by atoms with E-state index in [1.54, 1.807) is 0 Å². The van der Waals surface area contributed by atoms with E-state index in [2.05, 4.69) is 42.6 Å². The molecule has 3 aromatic carbocycles. The number of piperidine rings is 1. The topological polar surface area (TPSA) is 52.7 Å². The van der Waals surface area contributed by atoms with E-state index in [0.717, 1.165) is 55.6 Å². The zero-order chi connectivity index (χ0) is 24.2. The highest BCUT2D eigenvalue weighted by Gasteiger charge is 2.36. The summed E-state index contributed by atoms with van der Waals surface area (Å²) in [5.41, 5.74) is 4.66. The fourth-order valence-electron chi connectivity index (χ4n) is 5.37. The first-order valence-corrected chi connectivity index (χ1v) is 12.7. The second kappa shape index (κ2) is 10.3. The fraction of sp³-hybridized carbons (Fsp3) is 0.333. The number of amides is 2. The van der Waals surface area contributed by atoms with Crippen molar-refractivity contribution in [3.63, 3.8) is 0 Å². The first-order valence-electron chi connectivity index (χ1n) is 12.7. The van der Waals surface area contributed by atoms with Crippen LogP contribution in [-0.2, 0) is 6.42 Å². The number of benzene rings is 3. The lowest BCUT2D eigenvalue weighted by atomic mass is 9.90. The quantitative estimate of drug-likeness (QED) is 0.481. The first kappa shape index (κ1) is 23.2. The van der Waals surface area contributed by atoms with Crippen molar-refractivity contribution >= 4 is 17.5 Å². The minimum atomic E-state index is -0.224. The largest absolute Gasteiger partial charge is 0.361 e. The molecule has 0 aromatic heterocycles. The molecule has 2 aliphatic rings. The maximum absolute atomic E-state index is 13.3. The van der Waals surface area contributed by atoms with Crippen LogP contribution in [0, 0.1) is 5.92 Å². The fourth-order valence-corrected chi connectivity index (χ4v) is 5.37. The summed E-state index contributed by atoms with van der Waals surface area (Å²) in [6.45, 7) is 4.35. The van der Waals surface area contributed by atoms with Crippen molar-refractivity contribution in [2.45, 2.75) is 38.8 Å². The molecule has 2 aliphatic heterocycles. The molecule has 0 bridgehead atoms. The van der Waals surface area contributed by atoms with Crippen molar-refractivity contribution in [1.82, 2.24) is 9.80 Å². The van der Waals surface area contributed by atoms with Crippen LogP contribution in [0.15, 0.2) is 78.9 Å². The predicted octanol–water partition coefficient (Wildman–Crippen LogP) is 5.76. The minimum absolute atomic E-state index is 0.0607. The van der Waals surface area contributed by atoms with Gasteiger partial charge in [-0.15, -0.1) is 0 Å². The molecule has 0 saturated carbocycles. The number of carbonyl (C=O) groups excluding carboxylic acids is 2. The van der Waals surface area contributed by atoms with Gasteiger partial charge in [-0.3, -0.25) is 9.59 Å². The van der Waals surface area contributed by atoms with Crippen LogP contribution in [0.25, 0.3) is 0 Å². The van der Waals surface area contributed by atoms with Crippen LogP contribution in [-0.4, -0.2) is 41.2 Å². The normalized spacial score (nSPS) is 18.0. The summed E-state index contributed by atoms with van der Waals surface area (Å²) < 4.78 is 0. The van der Waals surface area contributed by atoms with Gasteiger partial charge in [0.2, 0.25) is 0 Å². The first-order chi connectivity index (χ1) is 17.1. The highest BCUT2D eigenvalue weighted by atomic mass is 16.2.